The zero-order valence-electron chi connectivity index (χ0n) is 11.3. The average Bonchev–Trinajstić information content (AvgIpc) is 2.40. The van der Waals surface area contributed by atoms with E-state index in [1.807, 2.05) is 49.3 Å². The van der Waals surface area contributed by atoms with Crippen molar-refractivity contribution in [2.75, 3.05) is 24.3 Å². The topological polar surface area (TPSA) is 15.3 Å². The molecular weight excluding hydrogens is 315 g/mol. The van der Waals surface area contributed by atoms with Gasteiger partial charge in [-0.05, 0) is 35.9 Å². The van der Waals surface area contributed by atoms with Crippen LogP contribution in [-0.2, 0) is 6.54 Å². The normalized spacial score (nSPS) is 10.4. The number of anilines is 2. The Morgan fingerprint density at radius 1 is 0.950 bits per heavy atom. The molecule has 5 heteroatoms. The van der Waals surface area contributed by atoms with Crippen molar-refractivity contribution in [3.63, 3.8) is 0 Å². The first kappa shape index (κ1) is 15.3. The lowest BCUT2D eigenvalue weighted by atomic mass is 10.2. The van der Waals surface area contributed by atoms with Crippen LogP contribution in [0.3, 0.4) is 0 Å². The first-order chi connectivity index (χ1) is 9.47. The van der Waals surface area contributed by atoms with Crippen molar-refractivity contribution in [2.24, 2.45) is 0 Å². The molecule has 0 aromatic heterocycles. The summed E-state index contributed by atoms with van der Waals surface area (Å²) in [5, 5.41) is 5.19. The van der Waals surface area contributed by atoms with E-state index < -0.39 is 0 Å². The Labute approximate surface area is 134 Å². The van der Waals surface area contributed by atoms with Gasteiger partial charge in [0.1, 0.15) is 0 Å². The second-order valence-corrected chi connectivity index (χ2v) is 5.91. The van der Waals surface area contributed by atoms with Crippen molar-refractivity contribution < 1.29 is 0 Å². The van der Waals surface area contributed by atoms with Crippen molar-refractivity contribution in [3.8, 4) is 0 Å². The second-order valence-electron chi connectivity index (χ2n) is 4.66. The van der Waals surface area contributed by atoms with Crippen LogP contribution in [0.1, 0.15) is 5.56 Å². The van der Waals surface area contributed by atoms with Crippen LogP contribution in [0.5, 0.6) is 0 Å². The van der Waals surface area contributed by atoms with Gasteiger partial charge in [-0.15, -0.1) is 0 Å². The summed E-state index contributed by atoms with van der Waals surface area (Å²) in [4.78, 5) is 2.04. The Morgan fingerprint density at radius 3 is 2.35 bits per heavy atom. The molecule has 0 unspecified atom stereocenters. The van der Waals surface area contributed by atoms with E-state index >= 15 is 0 Å². The zero-order chi connectivity index (χ0) is 14.7. The lowest BCUT2D eigenvalue weighted by Gasteiger charge is -2.19. The third-order valence-corrected chi connectivity index (χ3v) is 3.88. The van der Waals surface area contributed by atoms with E-state index in [0.717, 1.165) is 16.9 Å². The summed E-state index contributed by atoms with van der Waals surface area (Å²) in [6, 6.07) is 11.4. The fourth-order valence-corrected chi connectivity index (χ4v) is 2.38. The summed E-state index contributed by atoms with van der Waals surface area (Å²) >= 11 is 18.0. The number of rotatable bonds is 4. The van der Waals surface area contributed by atoms with E-state index in [1.54, 1.807) is 6.07 Å². The van der Waals surface area contributed by atoms with Crippen molar-refractivity contribution >= 4 is 46.2 Å². The Morgan fingerprint density at radius 2 is 1.70 bits per heavy atom. The maximum Gasteiger partial charge on any atom is 0.0597 e. The SMILES string of the molecule is CN(C)c1ccc(Cl)cc1NCc1ccc(Cl)c(Cl)c1. The molecule has 2 aromatic rings. The number of halogens is 3. The fraction of sp³-hybridized carbons (Fsp3) is 0.200. The van der Waals surface area contributed by atoms with Crippen LogP contribution in [0.2, 0.25) is 15.1 Å². The standard InChI is InChI=1S/C15H15Cl3N2/c1-20(2)15-6-4-11(16)8-14(15)19-9-10-3-5-12(17)13(18)7-10/h3-8,19H,9H2,1-2H3. The van der Waals surface area contributed by atoms with Crippen molar-refractivity contribution in [2.45, 2.75) is 6.54 Å². The van der Waals surface area contributed by atoms with Gasteiger partial charge in [0.05, 0.1) is 21.4 Å². The number of nitrogens with zero attached hydrogens (tertiary/aromatic N) is 1. The highest BCUT2D eigenvalue weighted by Gasteiger charge is 2.06. The van der Waals surface area contributed by atoms with E-state index in [4.69, 9.17) is 34.8 Å². The molecule has 0 heterocycles. The third-order valence-electron chi connectivity index (χ3n) is 2.91. The highest BCUT2D eigenvalue weighted by atomic mass is 35.5. The van der Waals surface area contributed by atoms with Gasteiger partial charge in [0.25, 0.3) is 0 Å². The molecule has 0 saturated carbocycles. The zero-order valence-corrected chi connectivity index (χ0v) is 13.5. The largest absolute Gasteiger partial charge is 0.379 e. The van der Waals surface area contributed by atoms with Gasteiger partial charge in [-0.25, -0.2) is 0 Å². The van der Waals surface area contributed by atoms with Crippen LogP contribution in [0.25, 0.3) is 0 Å². The predicted molar refractivity (Wildman–Crippen MR) is 89.6 cm³/mol. The monoisotopic (exact) mass is 328 g/mol. The van der Waals surface area contributed by atoms with Crippen LogP contribution >= 0.6 is 34.8 Å². The highest BCUT2D eigenvalue weighted by molar-refractivity contribution is 6.42. The van der Waals surface area contributed by atoms with Gasteiger partial charge in [0.2, 0.25) is 0 Å². The molecule has 2 nitrogen and oxygen atoms in total. The number of nitrogens with one attached hydrogen (secondary N) is 1. The Balaban J connectivity index is 2.17. The Bertz CT molecular complexity index is 612. The Kier molecular flexibility index (Phi) is 5.03. The fourth-order valence-electron chi connectivity index (χ4n) is 1.89. The molecule has 0 aliphatic heterocycles. The van der Waals surface area contributed by atoms with Gasteiger partial charge in [0, 0.05) is 25.7 Å². The van der Waals surface area contributed by atoms with E-state index in [9.17, 15) is 0 Å². The summed E-state index contributed by atoms with van der Waals surface area (Å²) in [5.74, 6) is 0. The average molecular weight is 330 g/mol. The van der Waals surface area contributed by atoms with E-state index in [2.05, 4.69) is 5.32 Å². The summed E-state index contributed by atoms with van der Waals surface area (Å²) in [6.45, 7) is 0.651. The van der Waals surface area contributed by atoms with Gasteiger partial charge in [-0.2, -0.15) is 0 Å². The molecule has 20 heavy (non-hydrogen) atoms. The summed E-state index contributed by atoms with van der Waals surface area (Å²) in [5.41, 5.74) is 3.12. The molecular formula is C15H15Cl3N2. The first-order valence-electron chi connectivity index (χ1n) is 6.12. The molecule has 2 rings (SSSR count). The molecule has 0 aliphatic rings. The van der Waals surface area contributed by atoms with E-state index in [1.165, 1.54) is 0 Å². The minimum Gasteiger partial charge on any atom is -0.379 e. The van der Waals surface area contributed by atoms with Crippen LogP contribution < -0.4 is 10.2 Å². The lowest BCUT2D eigenvalue weighted by molar-refractivity contribution is 1.10. The summed E-state index contributed by atoms with van der Waals surface area (Å²) < 4.78 is 0. The molecule has 0 fully saturated rings. The quantitative estimate of drug-likeness (QED) is 0.816. The molecule has 2 aromatic carbocycles. The van der Waals surface area contributed by atoms with E-state index in [0.29, 0.717) is 21.6 Å². The van der Waals surface area contributed by atoms with Gasteiger partial charge < -0.3 is 10.2 Å². The predicted octanol–water partition coefficient (Wildman–Crippen LogP) is 5.32. The minimum atomic E-state index is 0.560. The molecule has 0 saturated heterocycles. The second kappa shape index (κ2) is 6.57. The molecule has 0 aliphatic carbocycles. The molecule has 0 atom stereocenters. The van der Waals surface area contributed by atoms with Gasteiger partial charge in [0.15, 0.2) is 0 Å². The molecule has 106 valence electrons. The lowest BCUT2D eigenvalue weighted by Crippen LogP contribution is -2.12. The maximum atomic E-state index is 6.05. The number of hydrogen-bond acceptors (Lipinski definition) is 2. The van der Waals surface area contributed by atoms with Gasteiger partial charge in [-0.3, -0.25) is 0 Å². The number of hydrogen-bond donors (Lipinski definition) is 1. The van der Waals surface area contributed by atoms with Crippen molar-refractivity contribution in [1.29, 1.82) is 0 Å². The summed E-state index contributed by atoms with van der Waals surface area (Å²) in [7, 11) is 3.99. The first-order valence-corrected chi connectivity index (χ1v) is 7.25. The van der Waals surface area contributed by atoms with E-state index in [-0.39, 0.29) is 0 Å². The molecule has 0 spiro atoms. The molecule has 0 bridgehead atoms. The van der Waals surface area contributed by atoms with Gasteiger partial charge >= 0.3 is 0 Å². The molecule has 0 radical (unpaired) electrons. The van der Waals surface area contributed by atoms with Crippen molar-refractivity contribution in [3.05, 3.63) is 57.0 Å². The van der Waals surface area contributed by atoms with Crippen LogP contribution in [-0.4, -0.2) is 14.1 Å². The summed E-state index contributed by atoms with van der Waals surface area (Å²) in [6.07, 6.45) is 0. The minimum absolute atomic E-state index is 0.560. The van der Waals surface area contributed by atoms with Crippen LogP contribution in [0, 0.1) is 0 Å². The number of benzene rings is 2. The highest BCUT2D eigenvalue weighted by Crippen LogP contribution is 2.29. The smallest absolute Gasteiger partial charge is 0.0597 e. The van der Waals surface area contributed by atoms with Crippen molar-refractivity contribution in [1.82, 2.24) is 0 Å². The van der Waals surface area contributed by atoms with Gasteiger partial charge in [-0.1, -0.05) is 40.9 Å². The molecule has 1 N–H and O–H groups in total. The maximum absolute atomic E-state index is 6.05. The van der Waals surface area contributed by atoms with Crippen LogP contribution in [0.4, 0.5) is 11.4 Å². The molecule has 0 amide bonds. The van der Waals surface area contributed by atoms with Crippen LogP contribution in [0.15, 0.2) is 36.4 Å². The third kappa shape index (κ3) is 3.72. The Hall–Kier alpha value is -1.09.